The second kappa shape index (κ2) is 7.33. The van der Waals surface area contributed by atoms with Crippen molar-refractivity contribution in [2.45, 2.75) is 24.3 Å². The number of morpholine rings is 1. The Morgan fingerprint density at radius 3 is 2.33 bits per heavy atom. The van der Waals surface area contributed by atoms with E-state index in [1.54, 1.807) is 24.3 Å². The lowest BCUT2D eigenvalue weighted by atomic mass is 9.90. The number of carbonyl (C=O) groups is 1. The monoisotopic (exact) mass is 326 g/mol. The molecule has 4 atom stereocenters. The molecule has 24 heavy (non-hydrogen) atoms. The first-order valence-corrected chi connectivity index (χ1v) is 7.78. The maximum Gasteiger partial charge on any atom is 0.256 e. The first kappa shape index (κ1) is 16.3. The Labute approximate surface area is 139 Å². The van der Waals surface area contributed by atoms with Crippen LogP contribution in [0.3, 0.4) is 0 Å². The highest BCUT2D eigenvalue weighted by Gasteiger charge is 2.43. The van der Waals surface area contributed by atoms with Gasteiger partial charge in [0.1, 0.15) is 24.5 Å². The molecule has 0 saturated carbocycles. The van der Waals surface area contributed by atoms with E-state index in [0.29, 0.717) is 5.56 Å². The van der Waals surface area contributed by atoms with Gasteiger partial charge in [-0.1, -0.05) is 60.7 Å². The van der Waals surface area contributed by atoms with Crippen LogP contribution in [0, 0.1) is 10.1 Å². The molecule has 0 bridgehead atoms. The molecule has 1 N–H and O–H groups in total. The summed E-state index contributed by atoms with van der Waals surface area (Å²) >= 11 is 0. The third kappa shape index (κ3) is 3.34. The van der Waals surface area contributed by atoms with Gasteiger partial charge < -0.3 is 14.8 Å². The van der Waals surface area contributed by atoms with Crippen LogP contribution in [0.25, 0.3) is 0 Å². The van der Waals surface area contributed by atoms with Crippen molar-refractivity contribution < 1.29 is 14.5 Å². The van der Waals surface area contributed by atoms with E-state index >= 15 is 0 Å². The van der Waals surface area contributed by atoms with Gasteiger partial charge in [0.05, 0.1) is 0 Å². The fraction of sp³-hybridized carbons (Fsp3) is 0.278. The number of ether oxygens (including phenoxy) is 1. The Morgan fingerprint density at radius 1 is 1.12 bits per heavy atom. The predicted molar refractivity (Wildman–Crippen MR) is 88.1 cm³/mol. The molecule has 124 valence electrons. The molecular formula is C18H18N2O4. The van der Waals surface area contributed by atoms with Crippen LogP contribution in [0.2, 0.25) is 0 Å². The number of aldehydes is 1. The minimum atomic E-state index is -0.969. The molecule has 3 rings (SSSR count). The highest BCUT2D eigenvalue weighted by atomic mass is 16.6. The van der Waals surface area contributed by atoms with Crippen molar-refractivity contribution >= 4 is 6.29 Å². The zero-order valence-electron chi connectivity index (χ0n) is 12.9. The van der Waals surface area contributed by atoms with Crippen LogP contribution < -0.4 is 5.32 Å². The van der Waals surface area contributed by atoms with Crippen molar-refractivity contribution in [2.75, 3.05) is 6.54 Å². The smallest absolute Gasteiger partial charge is 0.256 e. The Balaban J connectivity index is 1.98. The number of hydrogen-bond acceptors (Lipinski definition) is 5. The minimum absolute atomic E-state index is 0.259. The number of nitrogens with one attached hydrogen (secondary N) is 1. The van der Waals surface area contributed by atoms with E-state index < -0.39 is 24.3 Å². The van der Waals surface area contributed by atoms with Crippen molar-refractivity contribution in [3.05, 3.63) is 81.9 Å². The summed E-state index contributed by atoms with van der Waals surface area (Å²) in [7, 11) is 0. The topological polar surface area (TPSA) is 81.5 Å². The van der Waals surface area contributed by atoms with E-state index in [1.165, 1.54) is 0 Å². The van der Waals surface area contributed by atoms with Crippen molar-refractivity contribution in [3.63, 3.8) is 0 Å². The minimum Gasteiger partial charge on any atom is -0.360 e. The highest BCUT2D eigenvalue weighted by Crippen LogP contribution is 2.34. The van der Waals surface area contributed by atoms with Crippen LogP contribution in [-0.2, 0) is 9.53 Å². The number of hydrogen-bond donors (Lipinski definition) is 1. The first-order chi connectivity index (χ1) is 11.7. The van der Waals surface area contributed by atoms with Gasteiger partial charge in [-0.25, -0.2) is 0 Å². The maximum absolute atomic E-state index is 11.8. The lowest BCUT2D eigenvalue weighted by Crippen LogP contribution is -2.52. The molecule has 6 nitrogen and oxygen atoms in total. The van der Waals surface area contributed by atoms with Crippen molar-refractivity contribution in [3.8, 4) is 0 Å². The number of nitro groups is 1. The van der Waals surface area contributed by atoms with Crippen LogP contribution in [-0.4, -0.2) is 29.9 Å². The molecule has 0 spiro atoms. The van der Waals surface area contributed by atoms with Gasteiger partial charge in [0.15, 0.2) is 0 Å². The number of nitrogens with zero attached hydrogens (tertiary/aromatic N) is 1. The SMILES string of the molecule is O=C[C@H]1CN[C@H]([C@H](c2ccccc2)[N+](=O)[O-])C(c2ccccc2)O1. The summed E-state index contributed by atoms with van der Waals surface area (Å²) in [6, 6.07) is 16.6. The molecule has 1 fully saturated rings. The van der Waals surface area contributed by atoms with Gasteiger partial charge in [0, 0.05) is 17.0 Å². The largest absolute Gasteiger partial charge is 0.360 e. The highest BCUT2D eigenvalue weighted by molar-refractivity contribution is 5.56. The number of benzene rings is 2. The van der Waals surface area contributed by atoms with Crippen molar-refractivity contribution in [1.29, 1.82) is 0 Å². The molecular weight excluding hydrogens is 308 g/mol. The van der Waals surface area contributed by atoms with E-state index in [0.717, 1.165) is 11.8 Å². The van der Waals surface area contributed by atoms with E-state index in [4.69, 9.17) is 4.74 Å². The van der Waals surface area contributed by atoms with Crippen LogP contribution in [0.4, 0.5) is 0 Å². The molecule has 1 aliphatic rings. The number of carbonyl (C=O) groups excluding carboxylic acids is 1. The second-order valence-electron chi connectivity index (χ2n) is 5.72. The van der Waals surface area contributed by atoms with Crippen LogP contribution in [0.1, 0.15) is 23.3 Å². The van der Waals surface area contributed by atoms with E-state index in [2.05, 4.69) is 5.32 Å². The molecule has 1 aliphatic heterocycles. The predicted octanol–water partition coefficient (Wildman–Crippen LogP) is 2.30. The molecule has 1 heterocycles. The van der Waals surface area contributed by atoms with Crippen molar-refractivity contribution in [2.24, 2.45) is 0 Å². The molecule has 2 aromatic rings. The van der Waals surface area contributed by atoms with Gasteiger partial charge in [0.2, 0.25) is 0 Å². The fourth-order valence-corrected chi connectivity index (χ4v) is 3.08. The van der Waals surface area contributed by atoms with Gasteiger partial charge in [0.25, 0.3) is 6.04 Å². The van der Waals surface area contributed by atoms with Gasteiger partial charge in [-0.3, -0.25) is 10.1 Å². The zero-order chi connectivity index (χ0) is 16.9. The molecule has 2 aromatic carbocycles. The standard InChI is InChI=1S/C18H18N2O4/c21-12-15-11-19-16(18(24-15)14-9-5-2-6-10-14)17(20(22)23)13-7-3-1-4-8-13/h1-10,12,15-19H,11H2/t15-,16-,17+,18?/m1/s1. The summed E-state index contributed by atoms with van der Waals surface area (Å²) < 4.78 is 5.85. The van der Waals surface area contributed by atoms with Crippen LogP contribution in [0.5, 0.6) is 0 Å². The van der Waals surface area contributed by atoms with E-state index in [9.17, 15) is 14.9 Å². The Kier molecular flexibility index (Phi) is 4.98. The van der Waals surface area contributed by atoms with Crippen LogP contribution >= 0.6 is 0 Å². The maximum atomic E-state index is 11.8. The molecule has 0 amide bonds. The van der Waals surface area contributed by atoms with Gasteiger partial charge in [-0.2, -0.15) is 0 Å². The molecule has 1 unspecified atom stereocenters. The number of rotatable bonds is 5. The van der Waals surface area contributed by atoms with Gasteiger partial charge >= 0.3 is 0 Å². The summed E-state index contributed by atoms with van der Waals surface area (Å²) in [5.74, 6) is 0. The van der Waals surface area contributed by atoms with Gasteiger partial charge in [-0.15, -0.1) is 0 Å². The summed E-state index contributed by atoms with van der Waals surface area (Å²) in [6.45, 7) is 0.259. The molecule has 0 aromatic heterocycles. The quantitative estimate of drug-likeness (QED) is 0.518. The summed E-state index contributed by atoms with van der Waals surface area (Å²) in [4.78, 5) is 22.6. The average Bonchev–Trinajstić information content (AvgIpc) is 2.63. The molecule has 6 heteroatoms. The third-order valence-corrected chi connectivity index (χ3v) is 4.19. The second-order valence-corrected chi connectivity index (χ2v) is 5.72. The van der Waals surface area contributed by atoms with E-state index in [1.807, 2.05) is 36.4 Å². The lowest BCUT2D eigenvalue weighted by molar-refractivity contribution is -0.537. The molecule has 0 aliphatic carbocycles. The van der Waals surface area contributed by atoms with E-state index in [-0.39, 0.29) is 11.5 Å². The molecule has 0 radical (unpaired) electrons. The van der Waals surface area contributed by atoms with Gasteiger partial charge in [-0.05, 0) is 5.56 Å². The fourth-order valence-electron chi connectivity index (χ4n) is 3.08. The molecule has 1 saturated heterocycles. The zero-order valence-corrected chi connectivity index (χ0v) is 12.9. The lowest BCUT2D eigenvalue weighted by Gasteiger charge is -2.37. The Bertz CT molecular complexity index is 693. The Hall–Kier alpha value is -2.57. The first-order valence-electron chi connectivity index (χ1n) is 7.78. The normalized spacial score (nSPS) is 24.9. The van der Waals surface area contributed by atoms with Crippen LogP contribution in [0.15, 0.2) is 60.7 Å². The Morgan fingerprint density at radius 2 is 1.75 bits per heavy atom. The summed E-state index contributed by atoms with van der Waals surface area (Å²) in [5.41, 5.74) is 1.42. The van der Waals surface area contributed by atoms with Crippen molar-refractivity contribution in [1.82, 2.24) is 5.32 Å². The average molecular weight is 326 g/mol. The third-order valence-electron chi connectivity index (χ3n) is 4.19. The summed E-state index contributed by atoms with van der Waals surface area (Å²) in [5, 5.41) is 14.9. The summed E-state index contributed by atoms with van der Waals surface area (Å²) in [6.07, 6.45) is -0.469.